The van der Waals surface area contributed by atoms with Crippen molar-refractivity contribution in [2.75, 3.05) is 23.4 Å². The molecule has 0 aliphatic rings. The first-order valence-electron chi connectivity index (χ1n) is 9.32. The van der Waals surface area contributed by atoms with E-state index in [1.165, 1.54) is 0 Å². The fourth-order valence-electron chi connectivity index (χ4n) is 2.87. The van der Waals surface area contributed by atoms with Gasteiger partial charge in [0.2, 0.25) is 0 Å². The maximum absolute atomic E-state index is 13.0. The zero-order valence-corrected chi connectivity index (χ0v) is 18.6. The van der Waals surface area contributed by atoms with E-state index in [1.54, 1.807) is 47.4 Å². The number of ether oxygens (including phenoxy) is 1. The second-order valence-corrected chi connectivity index (χ2v) is 7.70. The summed E-state index contributed by atoms with van der Waals surface area (Å²) in [5, 5.41) is 3.16. The van der Waals surface area contributed by atoms with Crippen molar-refractivity contribution in [1.29, 1.82) is 0 Å². The van der Waals surface area contributed by atoms with E-state index in [4.69, 9.17) is 16.3 Å². The van der Waals surface area contributed by atoms with Gasteiger partial charge in [0, 0.05) is 28.0 Å². The van der Waals surface area contributed by atoms with Gasteiger partial charge in [0.05, 0.1) is 5.02 Å². The lowest BCUT2D eigenvalue weighted by atomic mass is 10.1. The molecule has 0 radical (unpaired) electrons. The first-order valence-corrected chi connectivity index (χ1v) is 10.5. The smallest absolute Gasteiger partial charge is 0.262 e. The lowest BCUT2D eigenvalue weighted by molar-refractivity contribution is -0.118. The average molecular weight is 488 g/mol. The number of anilines is 2. The van der Waals surface area contributed by atoms with Crippen LogP contribution in [0.5, 0.6) is 5.75 Å². The number of halogens is 2. The number of hydrogen-bond acceptors (Lipinski definition) is 3. The third-order valence-electron chi connectivity index (χ3n) is 4.28. The van der Waals surface area contributed by atoms with Crippen LogP contribution in [-0.4, -0.2) is 25.0 Å². The van der Waals surface area contributed by atoms with Crippen LogP contribution in [0.2, 0.25) is 5.02 Å². The number of benzene rings is 3. The molecule has 0 aliphatic carbocycles. The number of hydrogen-bond donors (Lipinski definition) is 1. The minimum atomic E-state index is -0.353. The highest BCUT2D eigenvalue weighted by molar-refractivity contribution is 9.10. The van der Waals surface area contributed by atoms with Crippen molar-refractivity contribution in [1.82, 2.24) is 0 Å². The molecule has 0 spiro atoms. The molecule has 0 aliphatic heterocycles. The van der Waals surface area contributed by atoms with Crippen LogP contribution in [-0.2, 0) is 4.79 Å². The number of nitrogens with one attached hydrogen (secondary N) is 1. The van der Waals surface area contributed by atoms with E-state index in [-0.39, 0.29) is 18.4 Å². The lowest BCUT2D eigenvalue weighted by Gasteiger charge is -2.21. The molecule has 5 nitrogen and oxygen atoms in total. The van der Waals surface area contributed by atoms with Crippen molar-refractivity contribution < 1.29 is 14.3 Å². The Bertz CT molecular complexity index is 1040. The van der Waals surface area contributed by atoms with Gasteiger partial charge in [-0.15, -0.1) is 0 Å². The zero-order chi connectivity index (χ0) is 21.5. The van der Waals surface area contributed by atoms with Crippen LogP contribution in [0, 0.1) is 0 Å². The van der Waals surface area contributed by atoms with Gasteiger partial charge in [-0.1, -0.05) is 51.8 Å². The summed E-state index contributed by atoms with van der Waals surface area (Å²) in [6.07, 6.45) is 0. The SMILES string of the molecule is CCN(C(=O)c1cccc(NC(=O)COc2ccc(Br)cc2Cl)c1)c1ccccc1. The van der Waals surface area contributed by atoms with Crippen molar-refractivity contribution in [3.8, 4) is 5.75 Å². The van der Waals surface area contributed by atoms with Gasteiger partial charge in [-0.25, -0.2) is 0 Å². The molecule has 0 bridgehead atoms. The van der Waals surface area contributed by atoms with Crippen LogP contribution < -0.4 is 15.0 Å². The van der Waals surface area contributed by atoms with Gasteiger partial charge in [0.1, 0.15) is 5.75 Å². The topological polar surface area (TPSA) is 58.6 Å². The van der Waals surface area contributed by atoms with E-state index in [9.17, 15) is 9.59 Å². The van der Waals surface area contributed by atoms with Gasteiger partial charge < -0.3 is 15.0 Å². The van der Waals surface area contributed by atoms with Crippen molar-refractivity contribution in [3.05, 3.63) is 87.9 Å². The Kier molecular flexibility index (Phi) is 7.49. The van der Waals surface area contributed by atoms with Crippen LogP contribution in [0.1, 0.15) is 17.3 Å². The van der Waals surface area contributed by atoms with Gasteiger partial charge in [-0.05, 0) is 55.5 Å². The summed E-state index contributed by atoms with van der Waals surface area (Å²) >= 11 is 9.41. The molecule has 30 heavy (non-hydrogen) atoms. The predicted octanol–water partition coefficient (Wildman–Crippen LogP) is 5.79. The highest BCUT2D eigenvalue weighted by Crippen LogP contribution is 2.27. The van der Waals surface area contributed by atoms with Gasteiger partial charge in [0.15, 0.2) is 6.61 Å². The Balaban J connectivity index is 1.66. The number of amides is 2. The summed E-state index contributed by atoms with van der Waals surface area (Å²) in [7, 11) is 0. The highest BCUT2D eigenvalue weighted by Gasteiger charge is 2.16. The van der Waals surface area contributed by atoms with E-state index in [0.29, 0.717) is 28.6 Å². The summed E-state index contributed by atoms with van der Waals surface area (Å²) < 4.78 is 6.30. The first-order chi connectivity index (χ1) is 14.5. The molecule has 3 aromatic rings. The van der Waals surface area contributed by atoms with Crippen LogP contribution in [0.4, 0.5) is 11.4 Å². The second kappa shape index (κ2) is 10.3. The van der Waals surface area contributed by atoms with E-state index >= 15 is 0 Å². The average Bonchev–Trinajstić information content (AvgIpc) is 2.74. The Labute approximate surface area is 188 Å². The van der Waals surface area contributed by atoms with E-state index in [2.05, 4.69) is 21.2 Å². The van der Waals surface area contributed by atoms with Crippen LogP contribution in [0.25, 0.3) is 0 Å². The van der Waals surface area contributed by atoms with Crippen molar-refractivity contribution in [2.45, 2.75) is 6.92 Å². The minimum Gasteiger partial charge on any atom is -0.482 e. The zero-order valence-electron chi connectivity index (χ0n) is 16.3. The molecule has 154 valence electrons. The van der Waals surface area contributed by atoms with Crippen LogP contribution >= 0.6 is 27.5 Å². The largest absolute Gasteiger partial charge is 0.482 e. The summed E-state index contributed by atoms with van der Waals surface area (Å²) in [5.41, 5.74) is 1.81. The molecule has 0 aromatic heterocycles. The standard InChI is InChI=1S/C23H20BrClN2O3/c1-2-27(19-9-4-3-5-10-19)23(29)16-7-6-8-18(13-16)26-22(28)15-30-21-12-11-17(24)14-20(21)25/h3-14H,2,15H2,1H3,(H,26,28). The van der Waals surface area contributed by atoms with Crippen molar-refractivity contribution >= 4 is 50.7 Å². The molecule has 7 heteroatoms. The van der Waals surface area contributed by atoms with Gasteiger partial charge in [-0.3, -0.25) is 9.59 Å². The van der Waals surface area contributed by atoms with E-state index in [0.717, 1.165) is 10.2 Å². The molecule has 0 saturated carbocycles. The number of nitrogens with zero attached hydrogens (tertiary/aromatic N) is 1. The Morgan fingerprint density at radius 3 is 2.50 bits per heavy atom. The monoisotopic (exact) mass is 486 g/mol. The molecule has 0 heterocycles. The first kappa shape index (κ1) is 21.9. The second-order valence-electron chi connectivity index (χ2n) is 6.38. The van der Waals surface area contributed by atoms with Gasteiger partial charge in [-0.2, -0.15) is 0 Å². The molecule has 2 amide bonds. The predicted molar refractivity (Wildman–Crippen MR) is 124 cm³/mol. The molecule has 1 N–H and O–H groups in total. The lowest BCUT2D eigenvalue weighted by Crippen LogP contribution is -2.30. The summed E-state index contributed by atoms with van der Waals surface area (Å²) in [5.74, 6) is -0.0768. The molecule has 3 aromatic carbocycles. The number of para-hydroxylation sites is 1. The highest BCUT2D eigenvalue weighted by atomic mass is 79.9. The molecule has 0 atom stereocenters. The Hall–Kier alpha value is -2.83. The summed E-state index contributed by atoms with van der Waals surface area (Å²) in [6, 6.07) is 21.4. The van der Waals surface area contributed by atoms with Crippen LogP contribution in [0.3, 0.4) is 0 Å². The third-order valence-corrected chi connectivity index (χ3v) is 5.06. The fourth-order valence-corrected chi connectivity index (χ4v) is 3.60. The van der Waals surface area contributed by atoms with Crippen LogP contribution in [0.15, 0.2) is 77.3 Å². The molecular weight excluding hydrogens is 468 g/mol. The molecule has 0 fully saturated rings. The van der Waals surface area contributed by atoms with E-state index in [1.807, 2.05) is 37.3 Å². The Morgan fingerprint density at radius 2 is 1.80 bits per heavy atom. The number of carbonyl (C=O) groups is 2. The summed E-state index contributed by atoms with van der Waals surface area (Å²) in [6.45, 7) is 2.24. The normalized spacial score (nSPS) is 10.4. The third kappa shape index (κ3) is 5.62. The van der Waals surface area contributed by atoms with Gasteiger partial charge in [0.25, 0.3) is 11.8 Å². The molecule has 0 unspecified atom stereocenters. The molecule has 0 saturated heterocycles. The van der Waals surface area contributed by atoms with Gasteiger partial charge >= 0.3 is 0 Å². The van der Waals surface area contributed by atoms with Crippen molar-refractivity contribution in [2.24, 2.45) is 0 Å². The van der Waals surface area contributed by atoms with Crippen molar-refractivity contribution in [3.63, 3.8) is 0 Å². The maximum Gasteiger partial charge on any atom is 0.262 e. The maximum atomic E-state index is 13.0. The minimum absolute atomic E-state index is 0.141. The Morgan fingerprint density at radius 1 is 1.03 bits per heavy atom. The summed E-state index contributed by atoms with van der Waals surface area (Å²) in [4.78, 5) is 26.9. The fraction of sp³-hybridized carbons (Fsp3) is 0.130. The number of rotatable bonds is 7. The quantitative estimate of drug-likeness (QED) is 0.459. The number of carbonyl (C=O) groups excluding carboxylic acids is 2. The molecular formula is C23H20BrClN2O3. The molecule has 3 rings (SSSR count). The van der Waals surface area contributed by atoms with E-state index < -0.39 is 0 Å².